The molecule has 2 N–H and O–H groups in total. The maximum atomic E-state index is 12.8. The van der Waals surface area contributed by atoms with Crippen LogP contribution in [-0.4, -0.2) is 19.8 Å². The number of benzene rings is 1. The molecule has 14 heavy (non-hydrogen) atoms. The van der Waals surface area contributed by atoms with Crippen molar-refractivity contribution in [3.63, 3.8) is 0 Å². The normalized spacial score (nSPS) is 12.1. The third-order valence-electron chi connectivity index (χ3n) is 1.40. The van der Waals surface area contributed by atoms with Gasteiger partial charge in [-0.1, -0.05) is 0 Å². The van der Waals surface area contributed by atoms with Gasteiger partial charge in [-0.2, -0.15) is 0 Å². The molecule has 1 rings (SSSR count). The Morgan fingerprint density at radius 1 is 1.57 bits per heavy atom. The van der Waals surface area contributed by atoms with Gasteiger partial charge < -0.3 is 14.4 Å². The minimum Gasteiger partial charge on any atom is -0.755 e. The van der Waals surface area contributed by atoms with Crippen LogP contribution >= 0.6 is 0 Å². The molecular formula is C7H5FNO4S-. The van der Waals surface area contributed by atoms with Crippen molar-refractivity contribution in [1.29, 1.82) is 0 Å². The highest BCUT2D eigenvalue weighted by Crippen LogP contribution is 2.14. The first-order valence-electron chi connectivity index (χ1n) is 3.39. The first-order valence-corrected chi connectivity index (χ1v) is 4.47. The van der Waals surface area contributed by atoms with Gasteiger partial charge in [-0.05, 0) is 18.2 Å². The van der Waals surface area contributed by atoms with Crippen LogP contribution in [0, 0.1) is 5.82 Å². The number of hydrogen-bond donors (Lipinski definition) is 2. The van der Waals surface area contributed by atoms with E-state index in [0.717, 1.165) is 18.2 Å². The van der Waals surface area contributed by atoms with E-state index in [1.165, 1.54) is 0 Å². The van der Waals surface area contributed by atoms with Gasteiger partial charge >= 0.3 is 5.97 Å². The van der Waals surface area contributed by atoms with Gasteiger partial charge in [0.25, 0.3) is 0 Å². The number of rotatable bonds is 3. The van der Waals surface area contributed by atoms with Crippen LogP contribution in [0.5, 0.6) is 0 Å². The molecule has 0 amide bonds. The summed E-state index contributed by atoms with van der Waals surface area (Å²) in [5.74, 6) is -2.37. The van der Waals surface area contributed by atoms with Crippen molar-refractivity contribution in [2.24, 2.45) is 0 Å². The first-order chi connectivity index (χ1) is 6.50. The van der Waals surface area contributed by atoms with Crippen molar-refractivity contribution in [2.45, 2.75) is 0 Å². The average molecular weight is 218 g/mol. The summed E-state index contributed by atoms with van der Waals surface area (Å²) in [4.78, 5) is 10.4. The summed E-state index contributed by atoms with van der Waals surface area (Å²) in [7, 11) is 0. The second-order valence-corrected chi connectivity index (χ2v) is 3.01. The molecule has 1 unspecified atom stereocenters. The lowest BCUT2D eigenvalue weighted by Gasteiger charge is -2.08. The molecule has 0 aromatic heterocycles. The number of anilines is 1. The van der Waals surface area contributed by atoms with Gasteiger partial charge in [0.05, 0.1) is 5.56 Å². The first kappa shape index (κ1) is 10.6. The van der Waals surface area contributed by atoms with Crippen molar-refractivity contribution in [2.75, 3.05) is 4.72 Å². The van der Waals surface area contributed by atoms with Crippen molar-refractivity contribution >= 4 is 22.9 Å². The lowest BCUT2D eigenvalue weighted by Crippen LogP contribution is -2.05. The Labute approximate surface area is 81.0 Å². The number of hydrogen-bond acceptors (Lipinski definition) is 3. The molecular weight excluding hydrogens is 213 g/mol. The highest BCUT2D eigenvalue weighted by Gasteiger charge is 2.10. The minimum atomic E-state index is -2.56. The number of halogens is 1. The number of carbonyl (C=O) groups is 1. The molecule has 1 aromatic rings. The van der Waals surface area contributed by atoms with Crippen molar-refractivity contribution in [3.05, 3.63) is 29.6 Å². The van der Waals surface area contributed by atoms with Crippen LogP contribution < -0.4 is 4.72 Å². The van der Waals surface area contributed by atoms with Crippen molar-refractivity contribution in [3.8, 4) is 0 Å². The van der Waals surface area contributed by atoms with E-state index in [1.54, 1.807) is 0 Å². The van der Waals surface area contributed by atoms with Crippen molar-refractivity contribution < 1.29 is 23.1 Å². The molecule has 7 heteroatoms. The fourth-order valence-electron chi connectivity index (χ4n) is 0.849. The molecule has 0 spiro atoms. The zero-order valence-corrected chi connectivity index (χ0v) is 7.51. The van der Waals surface area contributed by atoms with Gasteiger partial charge in [0.1, 0.15) is 5.82 Å². The van der Waals surface area contributed by atoms with E-state index >= 15 is 0 Å². The molecule has 0 heterocycles. The molecule has 0 aliphatic rings. The van der Waals surface area contributed by atoms with Gasteiger partial charge in [0.2, 0.25) is 0 Å². The third kappa shape index (κ3) is 2.51. The second kappa shape index (κ2) is 4.16. The second-order valence-electron chi connectivity index (χ2n) is 2.34. The van der Waals surface area contributed by atoms with E-state index in [2.05, 4.69) is 0 Å². The van der Waals surface area contributed by atoms with E-state index in [1.807, 2.05) is 4.72 Å². The summed E-state index contributed by atoms with van der Waals surface area (Å²) in [5, 5.41) is 8.50. The van der Waals surface area contributed by atoms with Crippen LogP contribution in [0.15, 0.2) is 18.2 Å². The Bertz CT molecular complexity index is 395. The topological polar surface area (TPSA) is 89.5 Å². The van der Waals surface area contributed by atoms with Crippen LogP contribution in [0.25, 0.3) is 0 Å². The minimum absolute atomic E-state index is 0.00265. The van der Waals surface area contributed by atoms with E-state index in [4.69, 9.17) is 5.11 Å². The molecule has 0 aliphatic heterocycles. The predicted octanol–water partition coefficient (Wildman–Crippen LogP) is 0.730. The van der Waals surface area contributed by atoms with Crippen LogP contribution in [0.3, 0.4) is 0 Å². The lowest BCUT2D eigenvalue weighted by molar-refractivity contribution is 0.0692. The molecule has 5 nitrogen and oxygen atoms in total. The molecule has 1 aromatic carbocycles. The Hall–Kier alpha value is -1.47. The Balaban J connectivity index is 3.06. The van der Waals surface area contributed by atoms with Gasteiger partial charge in [-0.3, -0.25) is 4.21 Å². The Morgan fingerprint density at radius 2 is 2.21 bits per heavy atom. The number of aromatic carboxylic acids is 1. The Kier molecular flexibility index (Phi) is 3.15. The number of carboxylic acids is 1. The molecule has 0 fully saturated rings. The van der Waals surface area contributed by atoms with Crippen LogP contribution in [0.2, 0.25) is 0 Å². The summed E-state index contributed by atoms with van der Waals surface area (Å²) in [6.07, 6.45) is 0. The predicted molar refractivity (Wildman–Crippen MR) is 45.9 cm³/mol. The Morgan fingerprint density at radius 3 is 2.71 bits per heavy atom. The van der Waals surface area contributed by atoms with Gasteiger partial charge in [-0.25, -0.2) is 9.18 Å². The average Bonchev–Trinajstić information content (AvgIpc) is 2.07. The largest absolute Gasteiger partial charge is 0.755 e. The van der Waals surface area contributed by atoms with Crippen LogP contribution in [0.1, 0.15) is 10.4 Å². The summed E-state index contributed by atoms with van der Waals surface area (Å²) in [5.41, 5.74) is -0.586. The molecule has 1 atom stereocenters. The quantitative estimate of drug-likeness (QED) is 0.732. The smallest absolute Gasteiger partial charge is 0.338 e. The maximum absolute atomic E-state index is 12.8. The summed E-state index contributed by atoms with van der Waals surface area (Å²) in [6, 6.07) is 2.89. The molecule has 0 radical (unpaired) electrons. The van der Waals surface area contributed by atoms with Gasteiger partial charge in [0, 0.05) is 17.0 Å². The van der Waals surface area contributed by atoms with Gasteiger partial charge in [-0.15, -0.1) is 0 Å². The van der Waals surface area contributed by atoms with E-state index in [0.29, 0.717) is 0 Å². The maximum Gasteiger partial charge on any atom is 0.338 e. The molecule has 0 bridgehead atoms. The standard InChI is InChI=1S/C7H6FNO4S/c8-6-2-1-4(9-14(12)13)3-5(6)7(10)11/h1-3,9H,(H,10,11)(H,12,13)/p-1. The highest BCUT2D eigenvalue weighted by atomic mass is 32.2. The highest BCUT2D eigenvalue weighted by molar-refractivity contribution is 7.80. The molecule has 0 saturated heterocycles. The fraction of sp³-hybridized carbons (Fsp3) is 0. The molecule has 0 saturated carbocycles. The van der Waals surface area contributed by atoms with E-state index in [-0.39, 0.29) is 5.69 Å². The zero-order valence-electron chi connectivity index (χ0n) is 6.69. The fourth-order valence-corrected chi connectivity index (χ4v) is 1.17. The summed E-state index contributed by atoms with van der Waals surface area (Å²) in [6.45, 7) is 0. The summed E-state index contributed by atoms with van der Waals surface area (Å²) < 4.78 is 35.1. The lowest BCUT2D eigenvalue weighted by atomic mass is 10.2. The molecule has 76 valence electrons. The third-order valence-corrected chi connectivity index (χ3v) is 1.80. The molecule has 0 aliphatic carbocycles. The van der Waals surface area contributed by atoms with Crippen LogP contribution in [0.4, 0.5) is 10.1 Å². The van der Waals surface area contributed by atoms with E-state index in [9.17, 15) is 17.9 Å². The number of nitrogens with one attached hydrogen (secondary N) is 1. The monoisotopic (exact) mass is 218 g/mol. The number of carboxylic acid groups (broad SMARTS) is 1. The van der Waals surface area contributed by atoms with Gasteiger partial charge in [0.15, 0.2) is 0 Å². The zero-order chi connectivity index (χ0) is 10.7. The summed E-state index contributed by atoms with van der Waals surface area (Å²) >= 11 is -2.56. The van der Waals surface area contributed by atoms with Crippen LogP contribution in [-0.2, 0) is 11.3 Å². The van der Waals surface area contributed by atoms with E-state index < -0.39 is 28.6 Å². The van der Waals surface area contributed by atoms with Crippen molar-refractivity contribution in [1.82, 2.24) is 0 Å². The SMILES string of the molecule is O=C(O)c1cc(NS(=O)[O-])ccc1F.